The van der Waals surface area contributed by atoms with Gasteiger partial charge in [0.1, 0.15) is 0 Å². The predicted octanol–water partition coefficient (Wildman–Crippen LogP) is 4.60. The normalized spacial score (nSPS) is 11.3. The molecule has 0 aliphatic carbocycles. The van der Waals surface area contributed by atoms with Crippen molar-refractivity contribution in [1.82, 2.24) is 29.3 Å². The van der Waals surface area contributed by atoms with E-state index >= 15 is 0 Å². The quantitative estimate of drug-likeness (QED) is 0.504. The van der Waals surface area contributed by atoms with Crippen LogP contribution in [0.15, 0.2) is 36.7 Å². The molecule has 0 N–H and O–H groups in total. The highest BCUT2D eigenvalue weighted by Crippen LogP contribution is 2.34. The first-order chi connectivity index (χ1) is 12.8. The Kier molecular flexibility index (Phi) is 4.32. The summed E-state index contributed by atoms with van der Waals surface area (Å²) in [5, 5.41) is 14.9. The van der Waals surface area contributed by atoms with E-state index in [2.05, 4.69) is 10.2 Å². The fraction of sp³-hybridized carbons (Fsp3) is 0.211. The van der Waals surface area contributed by atoms with Crippen molar-refractivity contribution in [3.8, 4) is 28.2 Å². The van der Waals surface area contributed by atoms with Crippen molar-refractivity contribution in [2.75, 3.05) is 0 Å². The van der Waals surface area contributed by atoms with Crippen LogP contribution < -0.4 is 0 Å². The molecule has 8 heteroatoms. The number of hydrogen-bond donors (Lipinski definition) is 0. The van der Waals surface area contributed by atoms with Crippen molar-refractivity contribution >= 4 is 23.2 Å². The van der Waals surface area contributed by atoms with E-state index in [0.29, 0.717) is 10.0 Å². The SMILES string of the molecule is Cc1nn(C)cc1-c1cc(-c2cn(C)nc2C)n(-c2ccc(Cl)cc2Cl)n1. The smallest absolute Gasteiger partial charge is 0.0968 e. The van der Waals surface area contributed by atoms with Gasteiger partial charge in [-0.25, -0.2) is 4.68 Å². The van der Waals surface area contributed by atoms with Crippen LogP contribution in [-0.4, -0.2) is 29.3 Å². The molecule has 3 aromatic heterocycles. The number of aromatic nitrogens is 6. The van der Waals surface area contributed by atoms with Gasteiger partial charge in [0.25, 0.3) is 0 Å². The average molecular weight is 401 g/mol. The van der Waals surface area contributed by atoms with Crippen molar-refractivity contribution in [2.45, 2.75) is 13.8 Å². The number of benzene rings is 1. The molecule has 0 bridgehead atoms. The molecule has 0 saturated carbocycles. The van der Waals surface area contributed by atoms with E-state index in [-0.39, 0.29) is 0 Å². The van der Waals surface area contributed by atoms with Crippen molar-refractivity contribution in [3.63, 3.8) is 0 Å². The highest BCUT2D eigenvalue weighted by atomic mass is 35.5. The van der Waals surface area contributed by atoms with Gasteiger partial charge in [-0.3, -0.25) is 9.36 Å². The summed E-state index contributed by atoms with van der Waals surface area (Å²) in [5.74, 6) is 0. The lowest BCUT2D eigenvalue weighted by Gasteiger charge is -2.09. The van der Waals surface area contributed by atoms with E-state index in [4.69, 9.17) is 28.3 Å². The Labute approximate surface area is 166 Å². The van der Waals surface area contributed by atoms with Crippen LogP contribution in [0.1, 0.15) is 11.4 Å². The number of nitrogens with zero attached hydrogens (tertiary/aromatic N) is 6. The molecule has 0 fully saturated rings. The van der Waals surface area contributed by atoms with Crippen LogP contribution in [0.5, 0.6) is 0 Å². The molecule has 0 radical (unpaired) electrons. The highest BCUT2D eigenvalue weighted by Gasteiger charge is 2.20. The molecule has 4 aromatic rings. The Balaban J connectivity index is 1.98. The molecule has 0 aliphatic heterocycles. The van der Waals surface area contributed by atoms with Gasteiger partial charge in [-0.1, -0.05) is 23.2 Å². The molecule has 4 rings (SSSR count). The van der Waals surface area contributed by atoms with Gasteiger partial charge in [0, 0.05) is 42.6 Å². The minimum atomic E-state index is 0.530. The standard InChI is InChI=1S/C19H18Cl2N6/c1-11-14(9-25(3)22-11)17-8-19(15-10-26(4)23-12(15)2)27(24-17)18-6-5-13(20)7-16(18)21/h5-10H,1-4H3. The van der Waals surface area contributed by atoms with Gasteiger partial charge in [-0.15, -0.1) is 0 Å². The van der Waals surface area contributed by atoms with Crippen LogP contribution >= 0.6 is 23.2 Å². The van der Waals surface area contributed by atoms with Gasteiger partial charge < -0.3 is 0 Å². The predicted molar refractivity (Wildman–Crippen MR) is 107 cm³/mol. The van der Waals surface area contributed by atoms with Crippen LogP contribution in [0.3, 0.4) is 0 Å². The summed E-state index contributed by atoms with van der Waals surface area (Å²) in [4.78, 5) is 0. The maximum absolute atomic E-state index is 6.48. The largest absolute Gasteiger partial charge is 0.275 e. The van der Waals surface area contributed by atoms with E-state index in [1.54, 1.807) is 21.5 Å². The van der Waals surface area contributed by atoms with E-state index in [1.807, 2.05) is 57.2 Å². The lowest BCUT2D eigenvalue weighted by Crippen LogP contribution is -2.00. The van der Waals surface area contributed by atoms with Gasteiger partial charge in [-0.2, -0.15) is 15.3 Å². The Morgan fingerprint density at radius 1 is 0.815 bits per heavy atom. The van der Waals surface area contributed by atoms with Crippen LogP contribution in [-0.2, 0) is 14.1 Å². The molecule has 0 spiro atoms. The molecule has 6 nitrogen and oxygen atoms in total. The van der Waals surface area contributed by atoms with Crippen molar-refractivity contribution < 1.29 is 0 Å². The summed E-state index contributed by atoms with van der Waals surface area (Å²) >= 11 is 12.6. The summed E-state index contributed by atoms with van der Waals surface area (Å²) < 4.78 is 5.42. The third kappa shape index (κ3) is 3.15. The minimum absolute atomic E-state index is 0.530. The van der Waals surface area contributed by atoms with Crippen LogP contribution in [0, 0.1) is 13.8 Å². The number of halogens is 2. The van der Waals surface area contributed by atoms with Crippen molar-refractivity contribution in [1.29, 1.82) is 0 Å². The second-order valence-corrected chi connectivity index (χ2v) is 7.37. The molecule has 0 aliphatic rings. The molecule has 1 aromatic carbocycles. The molecular formula is C19H18Cl2N6. The monoisotopic (exact) mass is 400 g/mol. The summed E-state index contributed by atoms with van der Waals surface area (Å²) in [6, 6.07) is 7.43. The topological polar surface area (TPSA) is 53.5 Å². The zero-order valence-electron chi connectivity index (χ0n) is 15.4. The molecule has 0 saturated heterocycles. The fourth-order valence-corrected chi connectivity index (χ4v) is 3.73. The molecular weight excluding hydrogens is 383 g/mol. The van der Waals surface area contributed by atoms with Crippen molar-refractivity contribution in [2.24, 2.45) is 14.1 Å². The number of hydrogen-bond acceptors (Lipinski definition) is 3. The van der Waals surface area contributed by atoms with Gasteiger partial charge in [0.15, 0.2) is 0 Å². The second-order valence-electron chi connectivity index (χ2n) is 6.53. The Bertz CT molecular complexity index is 1150. The summed E-state index contributed by atoms with van der Waals surface area (Å²) in [6.45, 7) is 3.95. The first-order valence-corrected chi connectivity index (χ1v) is 9.16. The summed E-state index contributed by atoms with van der Waals surface area (Å²) in [5.41, 5.74) is 6.28. The van der Waals surface area contributed by atoms with E-state index in [9.17, 15) is 0 Å². The lowest BCUT2D eigenvalue weighted by atomic mass is 10.1. The van der Waals surface area contributed by atoms with Gasteiger partial charge in [0.2, 0.25) is 0 Å². The molecule has 0 atom stereocenters. The Hall–Kier alpha value is -2.57. The summed E-state index contributed by atoms with van der Waals surface area (Å²) in [7, 11) is 3.80. The minimum Gasteiger partial charge on any atom is -0.275 e. The maximum atomic E-state index is 6.48. The molecule has 0 amide bonds. The van der Waals surface area contributed by atoms with Crippen LogP contribution in [0.25, 0.3) is 28.2 Å². The van der Waals surface area contributed by atoms with Gasteiger partial charge in [0.05, 0.1) is 33.5 Å². The number of rotatable bonds is 3. The molecule has 138 valence electrons. The van der Waals surface area contributed by atoms with Gasteiger partial charge in [-0.05, 0) is 38.1 Å². The molecule has 3 heterocycles. The van der Waals surface area contributed by atoms with E-state index in [0.717, 1.165) is 39.6 Å². The third-order valence-electron chi connectivity index (χ3n) is 4.43. The highest BCUT2D eigenvalue weighted by molar-refractivity contribution is 6.35. The Morgan fingerprint density at radius 2 is 1.44 bits per heavy atom. The first kappa shape index (κ1) is 17.8. The lowest BCUT2D eigenvalue weighted by molar-refractivity contribution is 0.756. The molecule has 0 unspecified atom stereocenters. The van der Waals surface area contributed by atoms with E-state index in [1.165, 1.54) is 0 Å². The summed E-state index contributed by atoms with van der Waals surface area (Å²) in [6.07, 6.45) is 3.94. The van der Waals surface area contributed by atoms with Crippen LogP contribution in [0.2, 0.25) is 10.0 Å². The fourth-order valence-electron chi connectivity index (χ4n) is 3.24. The average Bonchev–Trinajstić information content (AvgIpc) is 3.24. The van der Waals surface area contributed by atoms with Crippen LogP contribution in [0.4, 0.5) is 0 Å². The number of aryl methyl sites for hydroxylation is 4. The zero-order valence-corrected chi connectivity index (χ0v) is 16.9. The van der Waals surface area contributed by atoms with Crippen molar-refractivity contribution in [3.05, 3.63) is 58.1 Å². The second kappa shape index (κ2) is 6.55. The first-order valence-electron chi connectivity index (χ1n) is 8.40. The van der Waals surface area contributed by atoms with Gasteiger partial charge >= 0.3 is 0 Å². The Morgan fingerprint density at radius 3 is 2.00 bits per heavy atom. The van der Waals surface area contributed by atoms with E-state index < -0.39 is 0 Å². The zero-order chi connectivity index (χ0) is 19.3. The molecule has 27 heavy (non-hydrogen) atoms. The maximum Gasteiger partial charge on any atom is 0.0968 e. The third-order valence-corrected chi connectivity index (χ3v) is 4.96.